The van der Waals surface area contributed by atoms with E-state index in [2.05, 4.69) is 9.97 Å². The first kappa shape index (κ1) is 15.5. The highest BCUT2D eigenvalue weighted by atomic mass is 19.4. The van der Waals surface area contributed by atoms with Gasteiger partial charge in [-0.3, -0.25) is 4.79 Å². The minimum absolute atomic E-state index is 0.154. The van der Waals surface area contributed by atoms with E-state index in [4.69, 9.17) is 5.11 Å². The molecule has 1 aliphatic rings. The van der Waals surface area contributed by atoms with Crippen molar-refractivity contribution < 1.29 is 23.1 Å². The van der Waals surface area contributed by atoms with Crippen LogP contribution in [0.5, 0.6) is 0 Å². The third-order valence-electron chi connectivity index (χ3n) is 3.67. The molecule has 0 radical (unpaired) electrons. The number of hydrogen-bond donors (Lipinski definition) is 1. The van der Waals surface area contributed by atoms with Crippen LogP contribution in [0.3, 0.4) is 0 Å². The summed E-state index contributed by atoms with van der Waals surface area (Å²) < 4.78 is 37.8. The number of carbonyl (C=O) groups is 1. The predicted octanol–water partition coefficient (Wildman–Crippen LogP) is 3.67. The predicted molar refractivity (Wildman–Crippen MR) is 75.8 cm³/mol. The van der Waals surface area contributed by atoms with Crippen molar-refractivity contribution in [3.63, 3.8) is 0 Å². The zero-order valence-corrected chi connectivity index (χ0v) is 12.0. The number of alkyl halides is 3. The summed E-state index contributed by atoms with van der Waals surface area (Å²) in [5, 5.41) is 8.92. The molecule has 3 rings (SSSR count). The van der Waals surface area contributed by atoms with E-state index in [9.17, 15) is 18.0 Å². The second kappa shape index (κ2) is 5.64. The Morgan fingerprint density at radius 2 is 1.87 bits per heavy atom. The van der Waals surface area contributed by atoms with Gasteiger partial charge in [0.05, 0.1) is 17.7 Å². The van der Waals surface area contributed by atoms with Crippen molar-refractivity contribution in [1.29, 1.82) is 0 Å². The number of benzene rings is 1. The molecule has 1 aliphatic carbocycles. The molecule has 0 unspecified atom stereocenters. The minimum Gasteiger partial charge on any atom is -0.481 e. The number of aliphatic carboxylic acids is 1. The molecule has 1 aromatic carbocycles. The fourth-order valence-electron chi connectivity index (χ4n) is 2.38. The van der Waals surface area contributed by atoms with Gasteiger partial charge < -0.3 is 5.11 Å². The van der Waals surface area contributed by atoms with Gasteiger partial charge in [-0.15, -0.1) is 0 Å². The highest BCUT2D eigenvalue weighted by Crippen LogP contribution is 2.41. The number of carboxylic acid groups (broad SMARTS) is 1. The van der Waals surface area contributed by atoms with E-state index < -0.39 is 17.7 Å². The van der Waals surface area contributed by atoms with Gasteiger partial charge in [-0.1, -0.05) is 12.1 Å². The molecule has 120 valence electrons. The van der Waals surface area contributed by atoms with Crippen LogP contribution >= 0.6 is 0 Å². The molecule has 4 nitrogen and oxygen atoms in total. The zero-order valence-electron chi connectivity index (χ0n) is 12.0. The van der Waals surface area contributed by atoms with Crippen LogP contribution in [0.15, 0.2) is 30.5 Å². The Labute approximate surface area is 130 Å². The smallest absolute Gasteiger partial charge is 0.416 e. The van der Waals surface area contributed by atoms with Crippen LogP contribution in [0.4, 0.5) is 13.2 Å². The lowest BCUT2D eigenvalue weighted by Gasteiger charge is -2.10. The van der Waals surface area contributed by atoms with Gasteiger partial charge in [0.25, 0.3) is 0 Å². The summed E-state index contributed by atoms with van der Waals surface area (Å²) in [6, 6.07) is 4.62. The SMILES string of the molecule is O=C(O)Cc1cnc(-c2ccc(C(F)(F)F)cc2)nc1C1CC1. The zero-order chi connectivity index (χ0) is 16.6. The van der Waals surface area contributed by atoms with Gasteiger partial charge in [-0.05, 0) is 25.0 Å². The molecule has 0 aliphatic heterocycles. The van der Waals surface area contributed by atoms with Gasteiger partial charge in [0.2, 0.25) is 0 Å². The summed E-state index contributed by atoms with van der Waals surface area (Å²) in [6.45, 7) is 0. The van der Waals surface area contributed by atoms with Crippen LogP contribution in [0, 0.1) is 0 Å². The fourth-order valence-corrected chi connectivity index (χ4v) is 2.38. The minimum atomic E-state index is -4.39. The molecule has 0 spiro atoms. The lowest BCUT2D eigenvalue weighted by atomic mass is 10.1. The second-order valence-corrected chi connectivity index (χ2v) is 5.52. The monoisotopic (exact) mass is 322 g/mol. The lowest BCUT2D eigenvalue weighted by Crippen LogP contribution is -2.07. The molecular weight excluding hydrogens is 309 g/mol. The number of carboxylic acids is 1. The van der Waals surface area contributed by atoms with Crippen LogP contribution in [0.1, 0.15) is 35.6 Å². The molecule has 0 amide bonds. The van der Waals surface area contributed by atoms with E-state index in [-0.39, 0.29) is 12.3 Å². The van der Waals surface area contributed by atoms with Crippen LogP contribution in [0.25, 0.3) is 11.4 Å². The third-order valence-corrected chi connectivity index (χ3v) is 3.67. The van der Waals surface area contributed by atoms with Gasteiger partial charge in [-0.2, -0.15) is 13.2 Å². The Balaban J connectivity index is 1.94. The van der Waals surface area contributed by atoms with E-state index in [1.165, 1.54) is 18.3 Å². The normalized spacial score (nSPS) is 14.7. The molecule has 2 aromatic rings. The first-order valence-electron chi connectivity index (χ1n) is 7.10. The van der Waals surface area contributed by atoms with Gasteiger partial charge >= 0.3 is 12.1 Å². The molecule has 0 saturated heterocycles. The summed E-state index contributed by atoms with van der Waals surface area (Å²) in [5.41, 5.74) is 1.00. The van der Waals surface area contributed by atoms with Gasteiger partial charge in [0, 0.05) is 23.2 Å². The van der Waals surface area contributed by atoms with Crippen LogP contribution < -0.4 is 0 Å². The van der Waals surface area contributed by atoms with Crippen molar-refractivity contribution in [2.45, 2.75) is 31.4 Å². The maximum atomic E-state index is 12.6. The molecule has 0 atom stereocenters. The maximum Gasteiger partial charge on any atom is 0.416 e. The van der Waals surface area contributed by atoms with E-state index in [0.29, 0.717) is 22.6 Å². The lowest BCUT2D eigenvalue weighted by molar-refractivity contribution is -0.138. The van der Waals surface area contributed by atoms with Crippen LogP contribution in [-0.4, -0.2) is 21.0 Å². The van der Waals surface area contributed by atoms with Crippen molar-refractivity contribution in [2.24, 2.45) is 0 Å². The van der Waals surface area contributed by atoms with E-state index in [0.717, 1.165) is 25.0 Å². The number of nitrogens with zero attached hydrogens (tertiary/aromatic N) is 2. The Hall–Kier alpha value is -2.44. The fraction of sp³-hybridized carbons (Fsp3) is 0.312. The highest BCUT2D eigenvalue weighted by Gasteiger charge is 2.31. The number of halogens is 3. The highest BCUT2D eigenvalue weighted by molar-refractivity contribution is 5.70. The molecule has 7 heteroatoms. The summed E-state index contributed by atoms with van der Waals surface area (Å²) >= 11 is 0. The average Bonchev–Trinajstić information content (AvgIpc) is 3.31. The molecule has 0 bridgehead atoms. The van der Waals surface area contributed by atoms with Crippen molar-refractivity contribution in [3.8, 4) is 11.4 Å². The molecule has 1 heterocycles. The van der Waals surface area contributed by atoms with E-state index >= 15 is 0 Å². The van der Waals surface area contributed by atoms with Gasteiger partial charge in [0.1, 0.15) is 0 Å². The van der Waals surface area contributed by atoms with Crippen LogP contribution in [0.2, 0.25) is 0 Å². The first-order valence-corrected chi connectivity index (χ1v) is 7.10. The quantitative estimate of drug-likeness (QED) is 0.933. The maximum absolute atomic E-state index is 12.6. The standard InChI is InChI=1S/C16H13F3N2O2/c17-16(18,19)12-5-3-10(4-6-12)15-20-8-11(7-13(22)23)14(21-15)9-1-2-9/h3-6,8-9H,1-2,7H2,(H,22,23). The Kier molecular flexibility index (Phi) is 3.79. The van der Waals surface area contributed by atoms with Crippen molar-refractivity contribution in [1.82, 2.24) is 9.97 Å². The molecular formula is C16H13F3N2O2. The van der Waals surface area contributed by atoms with Crippen molar-refractivity contribution >= 4 is 5.97 Å². The number of hydrogen-bond acceptors (Lipinski definition) is 3. The molecule has 1 N–H and O–H groups in total. The summed E-state index contributed by atoms with van der Waals surface area (Å²) in [6.07, 6.45) is -1.20. The Morgan fingerprint density at radius 1 is 1.22 bits per heavy atom. The first-order chi connectivity index (χ1) is 10.8. The van der Waals surface area contributed by atoms with E-state index in [1.54, 1.807) is 0 Å². The molecule has 23 heavy (non-hydrogen) atoms. The van der Waals surface area contributed by atoms with Crippen LogP contribution in [-0.2, 0) is 17.4 Å². The largest absolute Gasteiger partial charge is 0.481 e. The Bertz CT molecular complexity index is 738. The number of aromatic nitrogens is 2. The number of rotatable bonds is 4. The summed E-state index contributed by atoms with van der Waals surface area (Å²) in [7, 11) is 0. The molecule has 1 saturated carbocycles. The summed E-state index contributed by atoms with van der Waals surface area (Å²) in [4.78, 5) is 19.4. The second-order valence-electron chi connectivity index (χ2n) is 5.52. The van der Waals surface area contributed by atoms with Gasteiger partial charge in [-0.25, -0.2) is 9.97 Å². The third kappa shape index (κ3) is 3.49. The average molecular weight is 322 g/mol. The topological polar surface area (TPSA) is 63.1 Å². The van der Waals surface area contributed by atoms with E-state index in [1.807, 2.05) is 0 Å². The van der Waals surface area contributed by atoms with Crippen molar-refractivity contribution in [3.05, 3.63) is 47.3 Å². The molecule has 1 aromatic heterocycles. The van der Waals surface area contributed by atoms with Crippen molar-refractivity contribution in [2.75, 3.05) is 0 Å². The molecule has 1 fully saturated rings. The summed E-state index contributed by atoms with van der Waals surface area (Å²) in [5.74, 6) is -0.423. The van der Waals surface area contributed by atoms with Gasteiger partial charge in [0.15, 0.2) is 5.82 Å². The Morgan fingerprint density at radius 3 is 2.39 bits per heavy atom.